The van der Waals surface area contributed by atoms with Crippen molar-refractivity contribution in [3.63, 3.8) is 0 Å². The van der Waals surface area contributed by atoms with Crippen molar-refractivity contribution in [3.8, 4) is 0 Å². The standard InChI is InChI=1S/C20H23F2N5O3S/c21-19(22)31(29,30)16-6-2-1-5-15(16)18(28)26-13-11-25(12-14-26)17-7-8-23-20(24-17)27-9-3-4-10-27/h1-2,5-8,19H,3-4,9-14H2. The molecule has 0 radical (unpaired) electrons. The first-order valence-electron chi connectivity index (χ1n) is 10.1. The van der Waals surface area contributed by atoms with Gasteiger partial charge in [0.15, 0.2) is 0 Å². The lowest BCUT2D eigenvalue weighted by Gasteiger charge is -2.35. The summed E-state index contributed by atoms with van der Waals surface area (Å²) in [4.78, 5) is 27.0. The van der Waals surface area contributed by atoms with E-state index >= 15 is 0 Å². The monoisotopic (exact) mass is 451 g/mol. The number of aromatic nitrogens is 2. The number of hydrogen-bond acceptors (Lipinski definition) is 7. The number of amides is 1. The van der Waals surface area contributed by atoms with E-state index in [1.807, 2.05) is 11.0 Å². The number of benzene rings is 1. The molecule has 8 nitrogen and oxygen atoms in total. The topological polar surface area (TPSA) is 86.7 Å². The average Bonchev–Trinajstić information content (AvgIpc) is 3.34. The maximum Gasteiger partial charge on any atom is 0.341 e. The van der Waals surface area contributed by atoms with Gasteiger partial charge in [0.25, 0.3) is 5.91 Å². The molecule has 2 aliphatic rings. The van der Waals surface area contributed by atoms with Crippen LogP contribution in [0, 0.1) is 0 Å². The van der Waals surface area contributed by atoms with Crippen molar-refractivity contribution in [2.24, 2.45) is 0 Å². The van der Waals surface area contributed by atoms with Crippen molar-refractivity contribution in [1.82, 2.24) is 14.9 Å². The van der Waals surface area contributed by atoms with Gasteiger partial charge in [0, 0.05) is 45.5 Å². The van der Waals surface area contributed by atoms with Crippen molar-refractivity contribution in [2.45, 2.75) is 23.5 Å². The minimum atomic E-state index is -4.87. The minimum Gasteiger partial charge on any atom is -0.353 e. The van der Waals surface area contributed by atoms with Crippen LogP contribution in [-0.2, 0) is 9.84 Å². The second-order valence-corrected chi connectivity index (χ2v) is 9.38. The third-order valence-corrected chi connectivity index (χ3v) is 7.00. The van der Waals surface area contributed by atoms with Gasteiger partial charge in [-0.05, 0) is 31.0 Å². The fraction of sp³-hybridized carbons (Fsp3) is 0.450. The van der Waals surface area contributed by atoms with Gasteiger partial charge in [-0.2, -0.15) is 13.8 Å². The van der Waals surface area contributed by atoms with Crippen LogP contribution in [0.3, 0.4) is 0 Å². The maximum atomic E-state index is 13.0. The number of alkyl halides is 2. The number of carbonyl (C=O) groups excluding carboxylic acids is 1. The number of rotatable bonds is 5. The van der Waals surface area contributed by atoms with Crippen LogP contribution < -0.4 is 9.80 Å². The summed E-state index contributed by atoms with van der Waals surface area (Å²) >= 11 is 0. The molecule has 0 aliphatic carbocycles. The quantitative estimate of drug-likeness (QED) is 0.688. The highest BCUT2D eigenvalue weighted by atomic mass is 32.2. The van der Waals surface area contributed by atoms with E-state index in [0.29, 0.717) is 32.1 Å². The Labute approximate surface area is 179 Å². The van der Waals surface area contributed by atoms with Gasteiger partial charge in [-0.1, -0.05) is 12.1 Å². The number of nitrogens with zero attached hydrogens (tertiary/aromatic N) is 5. The highest BCUT2D eigenvalue weighted by Crippen LogP contribution is 2.25. The summed E-state index contributed by atoms with van der Waals surface area (Å²) in [7, 11) is -4.87. The van der Waals surface area contributed by atoms with Crippen LogP contribution in [0.5, 0.6) is 0 Å². The molecule has 166 valence electrons. The summed E-state index contributed by atoms with van der Waals surface area (Å²) in [6.45, 7) is 3.51. The van der Waals surface area contributed by atoms with Gasteiger partial charge >= 0.3 is 5.76 Å². The van der Waals surface area contributed by atoms with E-state index in [-0.39, 0.29) is 5.56 Å². The molecule has 0 saturated carbocycles. The zero-order chi connectivity index (χ0) is 22.0. The molecule has 1 aromatic heterocycles. The molecule has 1 aromatic carbocycles. The number of carbonyl (C=O) groups is 1. The molecule has 0 unspecified atom stereocenters. The van der Waals surface area contributed by atoms with E-state index < -0.39 is 26.4 Å². The predicted octanol–water partition coefficient (Wildman–Crippen LogP) is 2.04. The molecule has 1 amide bonds. The first-order chi connectivity index (χ1) is 14.9. The zero-order valence-electron chi connectivity index (χ0n) is 16.8. The SMILES string of the molecule is O=C(c1ccccc1S(=O)(=O)C(F)F)N1CCN(c2ccnc(N3CCCC3)n2)CC1. The second-order valence-electron chi connectivity index (χ2n) is 7.49. The molecule has 2 aromatic rings. The van der Waals surface area contributed by atoms with Gasteiger partial charge in [-0.15, -0.1) is 0 Å². The van der Waals surface area contributed by atoms with Crippen molar-refractivity contribution < 1.29 is 22.0 Å². The van der Waals surface area contributed by atoms with Crippen LogP contribution in [0.1, 0.15) is 23.2 Å². The van der Waals surface area contributed by atoms with Gasteiger partial charge in [0.1, 0.15) is 5.82 Å². The zero-order valence-corrected chi connectivity index (χ0v) is 17.6. The lowest BCUT2D eigenvalue weighted by molar-refractivity contribution is 0.0742. The Balaban J connectivity index is 1.47. The highest BCUT2D eigenvalue weighted by molar-refractivity contribution is 7.91. The van der Waals surface area contributed by atoms with Crippen LogP contribution in [0.2, 0.25) is 0 Å². The average molecular weight is 451 g/mol. The molecule has 31 heavy (non-hydrogen) atoms. The van der Waals surface area contributed by atoms with Gasteiger partial charge in [0.2, 0.25) is 15.8 Å². The molecule has 0 N–H and O–H groups in total. The molecule has 2 saturated heterocycles. The smallest absolute Gasteiger partial charge is 0.341 e. The number of halogens is 2. The van der Waals surface area contributed by atoms with E-state index in [4.69, 9.17) is 0 Å². The molecule has 0 bridgehead atoms. The summed E-state index contributed by atoms with van der Waals surface area (Å²) < 4.78 is 50.0. The van der Waals surface area contributed by atoms with Crippen LogP contribution in [-0.4, -0.2) is 74.2 Å². The Hall–Kier alpha value is -2.82. The Morgan fingerprint density at radius 1 is 0.935 bits per heavy atom. The largest absolute Gasteiger partial charge is 0.353 e. The summed E-state index contributed by atoms with van der Waals surface area (Å²) in [6, 6.07) is 6.94. The summed E-state index contributed by atoms with van der Waals surface area (Å²) in [5, 5.41) is 0. The first kappa shape index (κ1) is 21.4. The van der Waals surface area contributed by atoms with Gasteiger partial charge in [-0.3, -0.25) is 4.79 Å². The van der Waals surface area contributed by atoms with Crippen LogP contribution >= 0.6 is 0 Å². The number of sulfone groups is 1. The van der Waals surface area contributed by atoms with Gasteiger partial charge < -0.3 is 14.7 Å². The Morgan fingerprint density at radius 2 is 1.61 bits per heavy atom. The fourth-order valence-corrected chi connectivity index (χ4v) is 4.80. The number of piperazine rings is 1. The van der Waals surface area contributed by atoms with Gasteiger partial charge in [0.05, 0.1) is 10.5 Å². The maximum absolute atomic E-state index is 13.0. The van der Waals surface area contributed by atoms with Crippen LogP contribution in [0.4, 0.5) is 20.5 Å². The van der Waals surface area contributed by atoms with E-state index in [1.54, 1.807) is 6.20 Å². The number of hydrogen-bond donors (Lipinski definition) is 0. The lowest BCUT2D eigenvalue weighted by atomic mass is 10.2. The normalized spacial score (nSPS) is 17.5. The van der Waals surface area contributed by atoms with Crippen LogP contribution in [0.25, 0.3) is 0 Å². The second kappa shape index (κ2) is 8.74. The van der Waals surface area contributed by atoms with Crippen molar-refractivity contribution in [1.29, 1.82) is 0 Å². The molecule has 0 spiro atoms. The molecule has 2 aliphatic heterocycles. The van der Waals surface area contributed by atoms with E-state index in [1.165, 1.54) is 23.1 Å². The third kappa shape index (κ3) is 4.32. The van der Waals surface area contributed by atoms with E-state index in [9.17, 15) is 22.0 Å². The van der Waals surface area contributed by atoms with Crippen molar-refractivity contribution in [3.05, 3.63) is 42.1 Å². The molecule has 0 atom stereocenters. The summed E-state index contributed by atoms with van der Waals surface area (Å²) in [6.07, 6.45) is 3.97. The van der Waals surface area contributed by atoms with E-state index in [0.717, 1.165) is 37.8 Å². The Morgan fingerprint density at radius 3 is 2.29 bits per heavy atom. The van der Waals surface area contributed by atoms with Crippen molar-refractivity contribution in [2.75, 3.05) is 49.1 Å². The Kier molecular flexibility index (Phi) is 6.03. The first-order valence-corrected chi connectivity index (χ1v) is 11.7. The lowest BCUT2D eigenvalue weighted by Crippen LogP contribution is -2.49. The molecule has 2 fully saturated rings. The van der Waals surface area contributed by atoms with Gasteiger partial charge in [-0.25, -0.2) is 13.4 Å². The third-order valence-electron chi connectivity index (χ3n) is 5.57. The molecular formula is C20H23F2N5O3S. The van der Waals surface area contributed by atoms with Crippen molar-refractivity contribution >= 4 is 27.5 Å². The summed E-state index contributed by atoms with van der Waals surface area (Å²) in [5.41, 5.74) is -0.227. The molecule has 11 heteroatoms. The van der Waals surface area contributed by atoms with E-state index in [2.05, 4.69) is 14.9 Å². The minimum absolute atomic E-state index is 0.227. The summed E-state index contributed by atoms with van der Waals surface area (Å²) in [5.74, 6) is -2.69. The molecular weight excluding hydrogens is 428 g/mol. The molecule has 3 heterocycles. The predicted molar refractivity (Wildman–Crippen MR) is 111 cm³/mol. The number of anilines is 2. The fourth-order valence-electron chi connectivity index (χ4n) is 3.88. The van der Waals surface area contributed by atoms with Crippen LogP contribution in [0.15, 0.2) is 41.4 Å². The molecule has 4 rings (SSSR count). The Bertz CT molecular complexity index is 1050. The highest BCUT2D eigenvalue weighted by Gasteiger charge is 2.33.